The summed E-state index contributed by atoms with van der Waals surface area (Å²) >= 11 is 5.80. The molecule has 0 atom stereocenters. The van der Waals surface area contributed by atoms with Crippen molar-refractivity contribution in [3.05, 3.63) is 58.6 Å². The number of hydrogen-bond acceptors (Lipinski definition) is 3. The normalized spacial score (nSPS) is 14.2. The van der Waals surface area contributed by atoms with E-state index >= 15 is 0 Å². The SMILES string of the molecule is Cc1cccc2c1N(C(=O)CCS(=O)(=O)c1ccc(Cl)cc1)CCC2. The molecule has 0 bridgehead atoms. The van der Waals surface area contributed by atoms with Gasteiger partial charge in [0.15, 0.2) is 9.84 Å². The number of para-hydroxylation sites is 1. The third-order valence-electron chi connectivity index (χ3n) is 4.48. The fourth-order valence-corrected chi connectivity index (χ4v) is 4.57. The van der Waals surface area contributed by atoms with Gasteiger partial charge in [-0.05, 0) is 55.2 Å². The summed E-state index contributed by atoms with van der Waals surface area (Å²) in [5.74, 6) is -0.349. The van der Waals surface area contributed by atoms with Crippen LogP contribution in [0.5, 0.6) is 0 Å². The number of nitrogens with zero attached hydrogens (tertiary/aromatic N) is 1. The van der Waals surface area contributed by atoms with Gasteiger partial charge in [0.1, 0.15) is 0 Å². The summed E-state index contributed by atoms with van der Waals surface area (Å²) in [6, 6.07) is 12.0. The van der Waals surface area contributed by atoms with Crippen molar-refractivity contribution in [1.82, 2.24) is 0 Å². The van der Waals surface area contributed by atoms with Gasteiger partial charge in [-0.1, -0.05) is 29.8 Å². The average molecular weight is 378 g/mol. The lowest BCUT2D eigenvalue weighted by Crippen LogP contribution is -2.37. The van der Waals surface area contributed by atoms with Gasteiger partial charge in [0.25, 0.3) is 0 Å². The van der Waals surface area contributed by atoms with E-state index in [1.165, 1.54) is 12.1 Å². The summed E-state index contributed by atoms with van der Waals surface area (Å²) < 4.78 is 24.9. The van der Waals surface area contributed by atoms with E-state index in [1.54, 1.807) is 17.0 Å². The van der Waals surface area contributed by atoms with Crippen LogP contribution in [-0.4, -0.2) is 26.6 Å². The maximum atomic E-state index is 12.7. The van der Waals surface area contributed by atoms with Gasteiger partial charge in [-0.2, -0.15) is 0 Å². The number of carbonyl (C=O) groups excluding carboxylic acids is 1. The van der Waals surface area contributed by atoms with E-state index in [0.29, 0.717) is 11.6 Å². The molecule has 1 amide bonds. The first-order chi connectivity index (χ1) is 11.9. The maximum absolute atomic E-state index is 12.7. The number of halogens is 1. The van der Waals surface area contributed by atoms with Crippen LogP contribution in [0.3, 0.4) is 0 Å². The Hall–Kier alpha value is -1.85. The number of rotatable bonds is 4. The molecular weight excluding hydrogens is 358 g/mol. The molecule has 0 spiro atoms. The zero-order chi connectivity index (χ0) is 18.0. The molecule has 0 radical (unpaired) electrons. The topological polar surface area (TPSA) is 54.5 Å². The fourth-order valence-electron chi connectivity index (χ4n) is 3.21. The van der Waals surface area contributed by atoms with Gasteiger partial charge in [-0.3, -0.25) is 4.79 Å². The average Bonchev–Trinajstić information content (AvgIpc) is 2.60. The lowest BCUT2D eigenvalue weighted by atomic mass is 9.98. The first-order valence-corrected chi connectivity index (χ1v) is 10.3. The molecule has 25 heavy (non-hydrogen) atoms. The van der Waals surface area contributed by atoms with Crippen LogP contribution in [0, 0.1) is 6.92 Å². The third kappa shape index (κ3) is 3.88. The van der Waals surface area contributed by atoms with E-state index in [1.807, 2.05) is 25.1 Å². The molecule has 0 aromatic heterocycles. The van der Waals surface area contributed by atoms with Crippen molar-refractivity contribution in [3.63, 3.8) is 0 Å². The van der Waals surface area contributed by atoms with Gasteiger partial charge in [0, 0.05) is 23.7 Å². The Balaban J connectivity index is 1.75. The molecule has 132 valence electrons. The van der Waals surface area contributed by atoms with Gasteiger partial charge < -0.3 is 4.90 Å². The van der Waals surface area contributed by atoms with Crippen LogP contribution in [0.25, 0.3) is 0 Å². The largest absolute Gasteiger partial charge is 0.312 e. The van der Waals surface area contributed by atoms with E-state index in [9.17, 15) is 13.2 Å². The molecule has 6 heteroatoms. The Morgan fingerprint density at radius 2 is 1.88 bits per heavy atom. The van der Waals surface area contributed by atoms with Gasteiger partial charge >= 0.3 is 0 Å². The van der Waals surface area contributed by atoms with Gasteiger partial charge in [-0.25, -0.2) is 8.42 Å². The lowest BCUT2D eigenvalue weighted by Gasteiger charge is -2.31. The van der Waals surface area contributed by atoms with Crippen molar-refractivity contribution >= 4 is 33.0 Å². The molecular formula is C19H20ClNO3S. The van der Waals surface area contributed by atoms with Crippen molar-refractivity contribution in [1.29, 1.82) is 0 Å². The number of sulfone groups is 1. The van der Waals surface area contributed by atoms with E-state index in [-0.39, 0.29) is 23.0 Å². The molecule has 1 aliphatic rings. The fraction of sp³-hybridized carbons (Fsp3) is 0.316. The van der Waals surface area contributed by atoms with E-state index in [2.05, 4.69) is 0 Å². The number of benzene rings is 2. The first-order valence-electron chi connectivity index (χ1n) is 8.26. The molecule has 0 unspecified atom stereocenters. The minimum Gasteiger partial charge on any atom is -0.312 e. The summed E-state index contributed by atoms with van der Waals surface area (Å²) in [5, 5.41) is 0.482. The van der Waals surface area contributed by atoms with Crippen molar-refractivity contribution in [2.75, 3.05) is 17.2 Å². The van der Waals surface area contributed by atoms with E-state index in [4.69, 9.17) is 11.6 Å². The molecule has 0 aliphatic carbocycles. The van der Waals surface area contributed by atoms with Crippen LogP contribution < -0.4 is 4.90 Å². The third-order valence-corrected chi connectivity index (χ3v) is 6.46. The molecule has 1 aliphatic heterocycles. The second kappa shape index (κ2) is 7.18. The van der Waals surface area contributed by atoms with Crippen LogP contribution >= 0.6 is 11.6 Å². The Morgan fingerprint density at radius 1 is 1.16 bits per heavy atom. The van der Waals surface area contributed by atoms with Gasteiger partial charge in [-0.15, -0.1) is 0 Å². The molecule has 1 heterocycles. The highest BCUT2D eigenvalue weighted by Crippen LogP contribution is 2.31. The van der Waals surface area contributed by atoms with Gasteiger partial charge in [0.05, 0.1) is 10.6 Å². The molecule has 0 N–H and O–H groups in total. The van der Waals surface area contributed by atoms with Crippen molar-refractivity contribution < 1.29 is 13.2 Å². The summed E-state index contributed by atoms with van der Waals surface area (Å²) in [4.78, 5) is 14.6. The summed E-state index contributed by atoms with van der Waals surface area (Å²) in [6.45, 7) is 2.62. The highest BCUT2D eigenvalue weighted by molar-refractivity contribution is 7.91. The van der Waals surface area contributed by atoms with Crippen LogP contribution in [0.4, 0.5) is 5.69 Å². The zero-order valence-electron chi connectivity index (χ0n) is 14.0. The molecule has 2 aromatic carbocycles. The van der Waals surface area contributed by atoms with E-state index < -0.39 is 9.84 Å². The lowest BCUT2D eigenvalue weighted by molar-refractivity contribution is -0.118. The highest BCUT2D eigenvalue weighted by atomic mass is 35.5. The summed E-state index contributed by atoms with van der Waals surface area (Å²) in [6.07, 6.45) is 1.81. The van der Waals surface area contributed by atoms with Crippen molar-refractivity contribution in [3.8, 4) is 0 Å². The van der Waals surface area contributed by atoms with Gasteiger partial charge in [0.2, 0.25) is 5.91 Å². The predicted octanol–water partition coefficient (Wildman–Crippen LogP) is 3.79. The Morgan fingerprint density at radius 3 is 2.60 bits per heavy atom. The highest BCUT2D eigenvalue weighted by Gasteiger charge is 2.25. The molecule has 3 rings (SSSR count). The number of amides is 1. The smallest absolute Gasteiger partial charge is 0.228 e. The number of hydrogen-bond donors (Lipinski definition) is 0. The van der Waals surface area contributed by atoms with Crippen molar-refractivity contribution in [2.24, 2.45) is 0 Å². The van der Waals surface area contributed by atoms with Crippen molar-refractivity contribution in [2.45, 2.75) is 31.1 Å². The number of anilines is 1. The maximum Gasteiger partial charge on any atom is 0.228 e. The first kappa shape index (κ1) is 18.0. The van der Waals surface area contributed by atoms with E-state index in [0.717, 1.165) is 29.7 Å². The molecule has 4 nitrogen and oxygen atoms in total. The zero-order valence-corrected chi connectivity index (χ0v) is 15.6. The Labute approximate surface area is 153 Å². The molecule has 2 aromatic rings. The van der Waals surface area contributed by atoms with Crippen LogP contribution in [0.1, 0.15) is 24.0 Å². The van der Waals surface area contributed by atoms with Crippen LogP contribution in [-0.2, 0) is 21.1 Å². The van der Waals surface area contributed by atoms with Crippen LogP contribution in [0.15, 0.2) is 47.4 Å². The molecule has 0 fully saturated rings. The van der Waals surface area contributed by atoms with Crippen LogP contribution in [0.2, 0.25) is 5.02 Å². The number of aryl methyl sites for hydroxylation is 2. The standard InChI is InChI=1S/C19H20ClNO3S/c1-14-4-2-5-15-6-3-12-21(19(14)15)18(22)11-13-25(23,24)17-9-7-16(20)8-10-17/h2,4-5,7-10H,3,6,11-13H2,1H3. The Bertz CT molecular complexity index is 891. The predicted molar refractivity (Wildman–Crippen MR) is 100.0 cm³/mol. The molecule has 0 saturated carbocycles. The summed E-state index contributed by atoms with van der Waals surface area (Å²) in [5.41, 5.74) is 3.15. The second-order valence-corrected chi connectivity index (χ2v) is 8.80. The minimum absolute atomic E-state index is 0.0290. The quantitative estimate of drug-likeness (QED) is 0.814. The second-order valence-electron chi connectivity index (χ2n) is 6.25. The summed E-state index contributed by atoms with van der Waals surface area (Å²) in [7, 11) is -3.50. The number of carbonyl (C=O) groups is 1. The molecule has 0 saturated heterocycles. The Kier molecular flexibility index (Phi) is 5.16. The minimum atomic E-state index is -3.50. The monoisotopic (exact) mass is 377 g/mol. The number of fused-ring (bicyclic) bond motifs is 1.